The molecule has 2 atom stereocenters. The Balaban J connectivity index is 1.81. The number of aliphatic hydroxyl groups is 1. The molecule has 1 N–H and O–H groups in total. The number of aliphatic hydroxyl groups excluding tert-OH is 1. The fourth-order valence-corrected chi connectivity index (χ4v) is 3.60. The summed E-state index contributed by atoms with van der Waals surface area (Å²) >= 11 is 0. The van der Waals surface area contributed by atoms with Crippen molar-refractivity contribution in [2.45, 2.75) is 57.3 Å². The van der Waals surface area contributed by atoms with E-state index in [1.807, 2.05) is 24.3 Å². The first-order valence-corrected chi connectivity index (χ1v) is 7.80. The van der Waals surface area contributed by atoms with Gasteiger partial charge in [0.25, 0.3) is 0 Å². The lowest BCUT2D eigenvalue weighted by atomic mass is 9.83. The molecule has 0 saturated carbocycles. The maximum absolute atomic E-state index is 10.5. The summed E-state index contributed by atoms with van der Waals surface area (Å²) in [6.45, 7) is 6.71. The van der Waals surface area contributed by atoms with E-state index in [9.17, 15) is 5.11 Å². The van der Waals surface area contributed by atoms with Crippen LogP contribution in [0.1, 0.15) is 51.2 Å². The second-order valence-electron chi connectivity index (χ2n) is 6.53. The van der Waals surface area contributed by atoms with Gasteiger partial charge in [0.15, 0.2) is 0 Å². The molecular formula is C17H25NO2. The number of ether oxygens (including phenoxy) is 1. The molecule has 1 aromatic rings. The van der Waals surface area contributed by atoms with Crippen LogP contribution in [0.4, 0.5) is 0 Å². The highest BCUT2D eigenvalue weighted by Crippen LogP contribution is 2.44. The van der Waals surface area contributed by atoms with E-state index in [2.05, 4.69) is 18.7 Å². The van der Waals surface area contributed by atoms with Crippen molar-refractivity contribution in [3.8, 4) is 5.75 Å². The Labute approximate surface area is 121 Å². The SMILES string of the molecule is CC(C)N1CCCC2(CC1)C[C@@H](O)c1ccccc1O2. The van der Waals surface area contributed by atoms with Gasteiger partial charge in [-0.1, -0.05) is 18.2 Å². The largest absolute Gasteiger partial charge is 0.487 e. The number of nitrogens with zero attached hydrogens (tertiary/aromatic N) is 1. The van der Waals surface area contributed by atoms with E-state index in [1.165, 1.54) is 0 Å². The average Bonchev–Trinajstić information content (AvgIpc) is 2.62. The van der Waals surface area contributed by atoms with Crippen LogP contribution in [-0.2, 0) is 0 Å². The Morgan fingerprint density at radius 1 is 1.25 bits per heavy atom. The molecule has 2 aliphatic rings. The van der Waals surface area contributed by atoms with Gasteiger partial charge >= 0.3 is 0 Å². The van der Waals surface area contributed by atoms with Crippen LogP contribution in [0.2, 0.25) is 0 Å². The van der Waals surface area contributed by atoms with Gasteiger partial charge in [0.05, 0.1) is 6.10 Å². The van der Waals surface area contributed by atoms with E-state index in [0.29, 0.717) is 6.04 Å². The molecule has 2 heterocycles. The van der Waals surface area contributed by atoms with E-state index in [-0.39, 0.29) is 11.7 Å². The third-order valence-electron chi connectivity index (χ3n) is 4.83. The Morgan fingerprint density at radius 3 is 2.85 bits per heavy atom. The standard InChI is InChI=1S/C17H25NO2/c1-13(2)18-10-5-8-17(9-11-18)12-15(19)14-6-3-4-7-16(14)20-17/h3-4,6-7,13,15,19H,5,8-12H2,1-2H3/t15-,17?/m1/s1. The molecule has 0 bridgehead atoms. The Kier molecular flexibility index (Phi) is 3.74. The van der Waals surface area contributed by atoms with Crippen LogP contribution in [0, 0.1) is 0 Å². The molecule has 1 unspecified atom stereocenters. The van der Waals surface area contributed by atoms with Gasteiger partial charge in [0.1, 0.15) is 11.4 Å². The third-order valence-corrected chi connectivity index (χ3v) is 4.83. The maximum Gasteiger partial charge on any atom is 0.125 e. The molecule has 0 amide bonds. The molecule has 0 aliphatic carbocycles. The Bertz CT molecular complexity index is 474. The minimum atomic E-state index is -0.384. The van der Waals surface area contributed by atoms with E-state index in [1.54, 1.807) is 0 Å². The van der Waals surface area contributed by atoms with Crippen molar-refractivity contribution in [2.75, 3.05) is 13.1 Å². The summed E-state index contributed by atoms with van der Waals surface area (Å²) in [5.41, 5.74) is 0.778. The summed E-state index contributed by atoms with van der Waals surface area (Å²) in [7, 11) is 0. The first kappa shape index (κ1) is 13.9. The van der Waals surface area contributed by atoms with Crippen molar-refractivity contribution >= 4 is 0 Å². The van der Waals surface area contributed by atoms with Crippen molar-refractivity contribution in [1.29, 1.82) is 0 Å². The van der Waals surface area contributed by atoms with Gasteiger partial charge in [0, 0.05) is 24.6 Å². The lowest BCUT2D eigenvalue weighted by Gasteiger charge is -2.40. The fraction of sp³-hybridized carbons (Fsp3) is 0.647. The van der Waals surface area contributed by atoms with Crippen LogP contribution >= 0.6 is 0 Å². The second kappa shape index (κ2) is 5.38. The van der Waals surface area contributed by atoms with Gasteiger partial charge in [-0.2, -0.15) is 0 Å². The average molecular weight is 275 g/mol. The highest BCUT2D eigenvalue weighted by atomic mass is 16.5. The summed E-state index contributed by atoms with van der Waals surface area (Å²) in [5.74, 6) is 0.879. The molecule has 110 valence electrons. The minimum absolute atomic E-state index is 0.169. The number of rotatable bonds is 1. The smallest absolute Gasteiger partial charge is 0.125 e. The Hall–Kier alpha value is -1.06. The molecule has 3 nitrogen and oxygen atoms in total. The summed E-state index contributed by atoms with van der Waals surface area (Å²) < 4.78 is 6.35. The predicted octanol–water partition coefficient (Wildman–Crippen LogP) is 3.14. The topological polar surface area (TPSA) is 32.7 Å². The van der Waals surface area contributed by atoms with Crippen molar-refractivity contribution < 1.29 is 9.84 Å². The zero-order valence-corrected chi connectivity index (χ0v) is 12.5. The van der Waals surface area contributed by atoms with Crippen LogP contribution in [0.15, 0.2) is 24.3 Å². The molecular weight excluding hydrogens is 250 g/mol. The van der Waals surface area contributed by atoms with Gasteiger partial charge in [0.2, 0.25) is 0 Å². The van der Waals surface area contributed by atoms with E-state index in [0.717, 1.165) is 50.1 Å². The first-order valence-electron chi connectivity index (χ1n) is 7.80. The highest BCUT2D eigenvalue weighted by molar-refractivity contribution is 5.38. The number of benzene rings is 1. The van der Waals surface area contributed by atoms with Gasteiger partial charge in [-0.25, -0.2) is 0 Å². The van der Waals surface area contributed by atoms with E-state index >= 15 is 0 Å². The molecule has 0 aromatic heterocycles. The lowest BCUT2D eigenvalue weighted by Crippen LogP contribution is -2.42. The van der Waals surface area contributed by atoms with Crippen LogP contribution in [0.25, 0.3) is 0 Å². The van der Waals surface area contributed by atoms with Gasteiger partial charge < -0.3 is 14.7 Å². The molecule has 0 radical (unpaired) electrons. The van der Waals surface area contributed by atoms with E-state index in [4.69, 9.17) is 4.74 Å². The number of likely N-dealkylation sites (tertiary alicyclic amines) is 1. The van der Waals surface area contributed by atoms with Gasteiger partial charge in [-0.15, -0.1) is 0 Å². The number of para-hydroxylation sites is 1. The molecule has 1 aromatic carbocycles. The quantitative estimate of drug-likeness (QED) is 0.854. The second-order valence-corrected chi connectivity index (χ2v) is 6.53. The number of hydrogen-bond donors (Lipinski definition) is 1. The van der Waals surface area contributed by atoms with Crippen LogP contribution in [0.5, 0.6) is 5.75 Å². The predicted molar refractivity (Wildman–Crippen MR) is 79.9 cm³/mol. The minimum Gasteiger partial charge on any atom is -0.487 e. The maximum atomic E-state index is 10.5. The zero-order valence-electron chi connectivity index (χ0n) is 12.5. The first-order chi connectivity index (χ1) is 9.60. The molecule has 1 spiro atoms. The number of fused-ring (bicyclic) bond motifs is 1. The molecule has 1 saturated heterocycles. The normalized spacial score (nSPS) is 30.9. The molecule has 3 heteroatoms. The summed E-state index contributed by atoms with van der Waals surface area (Å²) in [6.07, 6.45) is 3.55. The van der Waals surface area contributed by atoms with Crippen LogP contribution in [0.3, 0.4) is 0 Å². The van der Waals surface area contributed by atoms with Crippen LogP contribution < -0.4 is 4.74 Å². The van der Waals surface area contributed by atoms with Crippen molar-refractivity contribution in [3.63, 3.8) is 0 Å². The summed E-state index contributed by atoms with van der Waals surface area (Å²) in [4.78, 5) is 2.52. The molecule has 3 rings (SSSR count). The fourth-order valence-electron chi connectivity index (χ4n) is 3.60. The van der Waals surface area contributed by atoms with E-state index < -0.39 is 0 Å². The van der Waals surface area contributed by atoms with Crippen LogP contribution in [-0.4, -0.2) is 34.7 Å². The zero-order chi connectivity index (χ0) is 14.2. The van der Waals surface area contributed by atoms with Gasteiger partial charge in [-0.05, 0) is 45.7 Å². The van der Waals surface area contributed by atoms with Crippen molar-refractivity contribution in [3.05, 3.63) is 29.8 Å². The van der Waals surface area contributed by atoms with Crippen molar-refractivity contribution in [2.24, 2.45) is 0 Å². The monoisotopic (exact) mass is 275 g/mol. The molecule has 20 heavy (non-hydrogen) atoms. The molecule has 1 fully saturated rings. The third kappa shape index (κ3) is 2.57. The molecule has 2 aliphatic heterocycles. The summed E-state index contributed by atoms with van der Waals surface area (Å²) in [5, 5.41) is 10.5. The lowest BCUT2D eigenvalue weighted by molar-refractivity contribution is -0.0242. The highest BCUT2D eigenvalue weighted by Gasteiger charge is 2.41. The van der Waals surface area contributed by atoms with Gasteiger partial charge in [-0.3, -0.25) is 0 Å². The number of hydrogen-bond acceptors (Lipinski definition) is 3. The Morgan fingerprint density at radius 2 is 2.05 bits per heavy atom. The summed E-state index contributed by atoms with van der Waals surface area (Å²) in [6, 6.07) is 8.51. The van der Waals surface area contributed by atoms with Crippen molar-refractivity contribution in [1.82, 2.24) is 4.90 Å².